The van der Waals surface area contributed by atoms with Gasteiger partial charge in [-0.3, -0.25) is 0 Å². The zero-order chi connectivity index (χ0) is 12.4. The summed E-state index contributed by atoms with van der Waals surface area (Å²) in [6, 6.07) is 0. The van der Waals surface area contributed by atoms with Crippen LogP contribution in [0.3, 0.4) is 0 Å². The monoisotopic (exact) mass is 237 g/mol. The Morgan fingerprint density at radius 3 is 2.19 bits per heavy atom. The molecule has 1 saturated carbocycles. The molecule has 1 rings (SSSR count). The molecule has 16 heavy (non-hydrogen) atoms. The van der Waals surface area contributed by atoms with Gasteiger partial charge in [0, 0.05) is 6.61 Å². The lowest BCUT2D eigenvalue weighted by Gasteiger charge is -2.26. The molecular formula is C14H25OSi. The van der Waals surface area contributed by atoms with Crippen molar-refractivity contribution in [3.63, 3.8) is 0 Å². The number of hydrogen-bond acceptors (Lipinski definition) is 1. The van der Waals surface area contributed by atoms with Crippen LogP contribution < -0.4 is 0 Å². The Morgan fingerprint density at radius 1 is 1.12 bits per heavy atom. The molecule has 1 aliphatic carbocycles. The predicted octanol–water partition coefficient (Wildman–Crippen LogP) is 4.05. The van der Waals surface area contributed by atoms with Crippen LogP contribution in [0.2, 0.25) is 19.6 Å². The largest absolute Gasteiger partial charge is 0.418 e. The van der Waals surface area contributed by atoms with Crippen molar-refractivity contribution in [1.29, 1.82) is 0 Å². The van der Waals surface area contributed by atoms with Crippen molar-refractivity contribution in [3.05, 3.63) is 31.1 Å². The van der Waals surface area contributed by atoms with Gasteiger partial charge in [-0.2, -0.15) is 0 Å². The summed E-state index contributed by atoms with van der Waals surface area (Å²) in [7, 11) is -1.34. The molecule has 0 atom stereocenters. The molecule has 0 unspecified atom stereocenters. The summed E-state index contributed by atoms with van der Waals surface area (Å²) in [4.78, 5) is 0. The van der Waals surface area contributed by atoms with Crippen LogP contribution in [-0.2, 0) is 4.43 Å². The Balaban J connectivity index is 2.22. The van der Waals surface area contributed by atoms with Crippen LogP contribution in [-0.4, -0.2) is 14.9 Å². The van der Waals surface area contributed by atoms with Gasteiger partial charge >= 0.3 is 0 Å². The van der Waals surface area contributed by atoms with E-state index in [1.807, 2.05) is 0 Å². The standard InChI is InChI=1S/C14H25OSi/c1-14(2,3)13-8-7-12(11-13)9-10-15-16(4,5)6/h7-8,11H,9-10H2,1-6H3. The highest BCUT2D eigenvalue weighted by molar-refractivity contribution is 6.69. The highest BCUT2D eigenvalue weighted by Crippen LogP contribution is 2.43. The minimum atomic E-state index is -1.34. The SMILES string of the molecule is CC(C)(C)[C]1[CH][CH][C](CCO[Si](C)(C)C)[CH]1. The van der Waals surface area contributed by atoms with Crippen molar-refractivity contribution < 1.29 is 4.43 Å². The normalized spacial score (nSPS) is 20.6. The third kappa shape index (κ3) is 5.01. The summed E-state index contributed by atoms with van der Waals surface area (Å²) in [5.74, 6) is 2.83. The van der Waals surface area contributed by atoms with E-state index in [1.54, 1.807) is 0 Å². The first-order valence-electron chi connectivity index (χ1n) is 6.08. The van der Waals surface area contributed by atoms with E-state index in [0.717, 1.165) is 13.0 Å². The van der Waals surface area contributed by atoms with Crippen molar-refractivity contribution in [2.45, 2.75) is 46.8 Å². The first kappa shape index (κ1) is 14.2. The second-order valence-corrected chi connectivity index (χ2v) is 11.0. The summed E-state index contributed by atoms with van der Waals surface area (Å²) >= 11 is 0. The quantitative estimate of drug-likeness (QED) is 0.670. The minimum Gasteiger partial charge on any atom is -0.418 e. The Kier molecular flexibility index (Phi) is 4.64. The molecule has 1 aliphatic rings. The predicted molar refractivity (Wildman–Crippen MR) is 72.8 cm³/mol. The van der Waals surface area contributed by atoms with Crippen molar-refractivity contribution in [2.24, 2.45) is 5.41 Å². The second-order valence-electron chi connectivity index (χ2n) is 6.47. The van der Waals surface area contributed by atoms with Gasteiger partial charge in [-0.15, -0.1) is 0 Å². The molecule has 0 N–H and O–H groups in total. The molecule has 0 aliphatic heterocycles. The molecule has 1 nitrogen and oxygen atoms in total. The molecule has 0 spiro atoms. The van der Waals surface area contributed by atoms with Gasteiger partial charge in [0.15, 0.2) is 8.32 Å². The van der Waals surface area contributed by atoms with Crippen molar-refractivity contribution >= 4 is 8.32 Å². The minimum absolute atomic E-state index is 0.262. The van der Waals surface area contributed by atoms with Crippen molar-refractivity contribution in [2.75, 3.05) is 6.61 Å². The lowest BCUT2D eigenvalue weighted by molar-refractivity contribution is 0.311. The first-order valence-corrected chi connectivity index (χ1v) is 9.49. The van der Waals surface area contributed by atoms with Crippen LogP contribution in [0, 0.1) is 36.5 Å². The van der Waals surface area contributed by atoms with Crippen molar-refractivity contribution in [3.8, 4) is 0 Å². The molecular weight excluding hydrogens is 212 g/mol. The molecule has 0 aromatic rings. The maximum absolute atomic E-state index is 5.87. The van der Waals surface area contributed by atoms with Crippen LogP contribution in [0.25, 0.3) is 0 Å². The summed E-state index contributed by atoms with van der Waals surface area (Å²) in [6.07, 6.45) is 7.83. The van der Waals surface area contributed by atoms with Crippen LogP contribution >= 0.6 is 0 Å². The summed E-state index contributed by atoms with van der Waals surface area (Å²) in [5.41, 5.74) is 0.262. The topological polar surface area (TPSA) is 9.23 Å². The maximum atomic E-state index is 5.87. The van der Waals surface area contributed by atoms with Gasteiger partial charge in [0.05, 0.1) is 0 Å². The van der Waals surface area contributed by atoms with E-state index in [9.17, 15) is 0 Å². The fraction of sp³-hybridized carbons (Fsp3) is 0.643. The Hall–Kier alpha value is 0.177. The summed E-state index contributed by atoms with van der Waals surface area (Å²) in [6.45, 7) is 14.3. The maximum Gasteiger partial charge on any atom is 0.183 e. The average Bonchev–Trinajstić information content (AvgIpc) is 2.49. The molecule has 0 aromatic carbocycles. The zero-order valence-corrected chi connectivity index (χ0v) is 12.6. The lowest BCUT2D eigenvalue weighted by Crippen LogP contribution is -2.26. The van der Waals surface area contributed by atoms with Crippen LogP contribution in [0.15, 0.2) is 0 Å². The van der Waals surface area contributed by atoms with Crippen LogP contribution in [0.5, 0.6) is 0 Å². The van der Waals surface area contributed by atoms with E-state index in [0.29, 0.717) is 0 Å². The van der Waals surface area contributed by atoms with Gasteiger partial charge in [0.1, 0.15) is 0 Å². The highest BCUT2D eigenvalue weighted by atomic mass is 28.4. The third-order valence-electron chi connectivity index (χ3n) is 2.61. The third-order valence-corrected chi connectivity index (χ3v) is 3.68. The second kappa shape index (κ2) is 5.22. The first-order chi connectivity index (χ1) is 7.18. The number of rotatable bonds is 4. The van der Waals surface area contributed by atoms with Gasteiger partial charge in [-0.1, -0.05) is 20.8 Å². The van der Waals surface area contributed by atoms with Gasteiger partial charge in [0.25, 0.3) is 0 Å². The summed E-state index contributed by atoms with van der Waals surface area (Å²) in [5, 5.41) is 0. The molecule has 0 bridgehead atoms. The Labute approximate surface area is 103 Å². The van der Waals surface area contributed by atoms with Crippen LogP contribution in [0.4, 0.5) is 0 Å². The summed E-state index contributed by atoms with van der Waals surface area (Å²) < 4.78 is 5.87. The van der Waals surface area contributed by atoms with Crippen LogP contribution in [0.1, 0.15) is 27.2 Å². The molecule has 0 amide bonds. The molecule has 0 heterocycles. The molecule has 91 valence electrons. The fourth-order valence-corrected chi connectivity index (χ4v) is 2.30. The molecule has 5 radical (unpaired) electrons. The molecule has 0 saturated heterocycles. The van der Waals surface area contributed by atoms with Gasteiger partial charge in [-0.05, 0) is 62.6 Å². The fourth-order valence-electron chi connectivity index (χ4n) is 1.59. The van der Waals surface area contributed by atoms with E-state index < -0.39 is 8.32 Å². The molecule has 2 heteroatoms. The Bertz CT molecular complexity index is 212. The van der Waals surface area contributed by atoms with E-state index in [1.165, 1.54) is 11.8 Å². The Morgan fingerprint density at radius 2 is 1.75 bits per heavy atom. The van der Waals surface area contributed by atoms with Crippen molar-refractivity contribution in [1.82, 2.24) is 0 Å². The van der Waals surface area contributed by atoms with E-state index in [2.05, 4.69) is 59.7 Å². The van der Waals surface area contributed by atoms with Gasteiger partial charge < -0.3 is 4.43 Å². The average molecular weight is 237 g/mol. The van der Waals surface area contributed by atoms with Gasteiger partial charge in [-0.25, -0.2) is 0 Å². The molecule has 0 aromatic heterocycles. The van der Waals surface area contributed by atoms with Gasteiger partial charge in [0.2, 0.25) is 0 Å². The zero-order valence-electron chi connectivity index (χ0n) is 11.6. The van der Waals surface area contributed by atoms with E-state index in [-0.39, 0.29) is 5.41 Å². The lowest BCUT2D eigenvalue weighted by atomic mass is 9.79. The van der Waals surface area contributed by atoms with E-state index >= 15 is 0 Å². The molecule has 1 fully saturated rings. The highest BCUT2D eigenvalue weighted by Gasteiger charge is 2.34. The smallest absolute Gasteiger partial charge is 0.183 e. The van der Waals surface area contributed by atoms with E-state index in [4.69, 9.17) is 4.43 Å². The number of hydrogen-bond donors (Lipinski definition) is 0.